The molecule has 0 atom stereocenters. The van der Waals surface area contributed by atoms with E-state index in [0.29, 0.717) is 28.8 Å². The van der Waals surface area contributed by atoms with Crippen molar-refractivity contribution in [1.29, 1.82) is 0 Å². The third kappa shape index (κ3) is 4.30. The molecule has 5 rings (SSSR count). The van der Waals surface area contributed by atoms with Gasteiger partial charge in [0.15, 0.2) is 0 Å². The highest BCUT2D eigenvalue weighted by molar-refractivity contribution is 5.95. The fraction of sp³-hybridized carbons (Fsp3) is 0.167. The molecule has 0 aliphatic heterocycles. The molecular weight excluding hydrogens is 390 g/mol. The molecule has 0 unspecified atom stereocenters. The number of pyridine rings is 1. The smallest absolute Gasteiger partial charge is 0.270 e. The Hall–Kier alpha value is -4.00. The monoisotopic (exact) mass is 411 g/mol. The van der Waals surface area contributed by atoms with E-state index in [1.807, 2.05) is 42.5 Å². The van der Waals surface area contributed by atoms with E-state index in [2.05, 4.69) is 25.6 Å². The van der Waals surface area contributed by atoms with Gasteiger partial charge in [0.25, 0.3) is 11.8 Å². The normalized spacial score (nSPS) is 13.2. The number of aromatic amines is 1. The average molecular weight is 411 g/mol. The molecule has 31 heavy (non-hydrogen) atoms. The fourth-order valence-corrected chi connectivity index (χ4v) is 3.35. The number of hydrogen-bond donors (Lipinski definition) is 3. The fourth-order valence-electron chi connectivity index (χ4n) is 3.35. The number of carbonyl (C=O) groups is 2. The summed E-state index contributed by atoms with van der Waals surface area (Å²) in [6.07, 6.45) is 2.11. The minimum atomic E-state index is -0.275. The molecule has 3 N–H and O–H groups in total. The first-order valence-corrected chi connectivity index (χ1v) is 10.3. The second-order valence-electron chi connectivity index (χ2n) is 7.62. The van der Waals surface area contributed by atoms with Gasteiger partial charge in [0, 0.05) is 17.2 Å². The van der Waals surface area contributed by atoms with E-state index in [1.165, 1.54) is 0 Å². The number of fused-ring (bicyclic) bond motifs is 1. The number of nitrogens with zero attached hydrogens (tertiary/aromatic N) is 2. The Labute approximate surface area is 178 Å². The van der Waals surface area contributed by atoms with Crippen LogP contribution in [0.4, 0.5) is 0 Å². The number of carbonyl (C=O) groups excluding carboxylic acids is 2. The Morgan fingerprint density at radius 2 is 1.71 bits per heavy atom. The standard InChI is InChI=1S/C24H21N5O2/c30-23(26-17-12-13-17)16-10-8-15(9-11-16)18-6-3-7-21(27-18)24(31)25-14-22-28-19-4-1-2-5-20(19)29-22/h1-11,17H,12-14H2,(H,25,31)(H,26,30)(H,28,29). The van der Waals surface area contributed by atoms with Gasteiger partial charge in [-0.05, 0) is 49.2 Å². The van der Waals surface area contributed by atoms with Crippen molar-refractivity contribution in [2.75, 3.05) is 0 Å². The van der Waals surface area contributed by atoms with Gasteiger partial charge >= 0.3 is 0 Å². The maximum atomic E-state index is 12.6. The number of benzene rings is 2. The lowest BCUT2D eigenvalue weighted by Crippen LogP contribution is -2.25. The van der Waals surface area contributed by atoms with Crippen LogP contribution in [0.3, 0.4) is 0 Å². The average Bonchev–Trinajstić information content (AvgIpc) is 3.52. The lowest BCUT2D eigenvalue weighted by atomic mass is 10.1. The van der Waals surface area contributed by atoms with Crippen LogP contribution < -0.4 is 10.6 Å². The van der Waals surface area contributed by atoms with Crippen LogP contribution >= 0.6 is 0 Å². The van der Waals surface area contributed by atoms with Crippen molar-refractivity contribution in [3.63, 3.8) is 0 Å². The third-order valence-corrected chi connectivity index (χ3v) is 5.19. The largest absolute Gasteiger partial charge is 0.349 e. The predicted octanol–water partition coefficient (Wildman–Crippen LogP) is 3.45. The molecule has 7 heteroatoms. The number of H-pyrrole nitrogens is 1. The van der Waals surface area contributed by atoms with Crippen molar-refractivity contribution in [2.45, 2.75) is 25.4 Å². The van der Waals surface area contributed by atoms with Crippen LogP contribution in [-0.4, -0.2) is 32.8 Å². The zero-order valence-electron chi connectivity index (χ0n) is 16.8. The van der Waals surface area contributed by atoms with Crippen molar-refractivity contribution in [3.8, 4) is 11.3 Å². The minimum absolute atomic E-state index is 0.0549. The molecule has 2 amide bonds. The van der Waals surface area contributed by atoms with Gasteiger partial charge in [0.2, 0.25) is 0 Å². The maximum Gasteiger partial charge on any atom is 0.270 e. The Morgan fingerprint density at radius 1 is 0.903 bits per heavy atom. The first-order chi connectivity index (χ1) is 15.2. The van der Waals surface area contributed by atoms with E-state index in [9.17, 15) is 9.59 Å². The molecule has 4 aromatic rings. The Balaban J connectivity index is 1.26. The summed E-state index contributed by atoms with van der Waals surface area (Å²) in [7, 11) is 0. The number of hydrogen-bond acceptors (Lipinski definition) is 4. The molecule has 2 aromatic heterocycles. The maximum absolute atomic E-state index is 12.6. The van der Waals surface area contributed by atoms with Crippen LogP contribution in [0.25, 0.3) is 22.3 Å². The molecule has 0 bridgehead atoms. The molecule has 2 heterocycles. The van der Waals surface area contributed by atoms with Crippen LogP contribution in [0, 0.1) is 0 Å². The minimum Gasteiger partial charge on any atom is -0.349 e. The van der Waals surface area contributed by atoms with Gasteiger partial charge in [-0.25, -0.2) is 9.97 Å². The summed E-state index contributed by atoms with van der Waals surface area (Å²) in [4.78, 5) is 36.9. The van der Waals surface area contributed by atoms with E-state index in [4.69, 9.17) is 0 Å². The van der Waals surface area contributed by atoms with E-state index < -0.39 is 0 Å². The second-order valence-corrected chi connectivity index (χ2v) is 7.62. The summed E-state index contributed by atoms with van der Waals surface area (Å²) in [5.74, 6) is 0.356. The van der Waals surface area contributed by atoms with E-state index in [-0.39, 0.29) is 18.4 Å². The molecule has 1 aliphatic rings. The molecule has 1 saturated carbocycles. The molecule has 154 valence electrons. The Bertz CT molecular complexity index is 1230. The van der Waals surface area contributed by atoms with Crippen molar-refractivity contribution in [2.24, 2.45) is 0 Å². The third-order valence-electron chi connectivity index (χ3n) is 5.19. The Morgan fingerprint density at radius 3 is 2.48 bits per heavy atom. The quantitative estimate of drug-likeness (QED) is 0.452. The highest BCUT2D eigenvalue weighted by Gasteiger charge is 2.23. The number of imidazole rings is 1. The number of rotatable bonds is 6. The first-order valence-electron chi connectivity index (χ1n) is 10.3. The van der Waals surface area contributed by atoms with Crippen LogP contribution in [0.5, 0.6) is 0 Å². The first kappa shape index (κ1) is 19.0. The highest BCUT2D eigenvalue weighted by atomic mass is 16.2. The highest BCUT2D eigenvalue weighted by Crippen LogP contribution is 2.21. The SMILES string of the molecule is O=C(NC1CC1)c1ccc(-c2cccc(C(=O)NCc3nc4ccccc4[nH]3)n2)cc1. The molecule has 0 saturated heterocycles. The molecule has 0 radical (unpaired) electrons. The summed E-state index contributed by atoms with van der Waals surface area (Å²) in [6, 6.07) is 20.6. The Kier molecular flexibility index (Phi) is 4.92. The van der Waals surface area contributed by atoms with Gasteiger partial charge < -0.3 is 15.6 Å². The summed E-state index contributed by atoms with van der Waals surface area (Å²) in [6.45, 7) is 0.282. The van der Waals surface area contributed by atoms with Crippen LogP contribution in [0.15, 0.2) is 66.7 Å². The molecule has 2 aromatic carbocycles. The van der Waals surface area contributed by atoms with Gasteiger partial charge in [-0.15, -0.1) is 0 Å². The van der Waals surface area contributed by atoms with Gasteiger partial charge in [0.1, 0.15) is 11.5 Å². The van der Waals surface area contributed by atoms with Gasteiger partial charge in [-0.3, -0.25) is 9.59 Å². The van der Waals surface area contributed by atoms with Crippen molar-refractivity contribution in [3.05, 3.63) is 83.8 Å². The number of aromatic nitrogens is 3. The zero-order valence-corrected chi connectivity index (χ0v) is 16.8. The van der Waals surface area contributed by atoms with Crippen molar-refractivity contribution in [1.82, 2.24) is 25.6 Å². The van der Waals surface area contributed by atoms with Gasteiger partial charge in [0.05, 0.1) is 23.3 Å². The topological polar surface area (TPSA) is 99.8 Å². The van der Waals surface area contributed by atoms with Crippen molar-refractivity contribution >= 4 is 22.8 Å². The summed E-state index contributed by atoms with van der Waals surface area (Å²) in [5.41, 5.74) is 4.25. The van der Waals surface area contributed by atoms with Crippen LogP contribution in [0.1, 0.15) is 39.5 Å². The summed E-state index contributed by atoms with van der Waals surface area (Å²) in [5, 5.41) is 5.83. The van der Waals surface area contributed by atoms with Gasteiger partial charge in [-0.1, -0.05) is 30.3 Å². The second kappa shape index (κ2) is 8.02. The van der Waals surface area contributed by atoms with E-state index in [0.717, 1.165) is 29.4 Å². The number of amides is 2. The van der Waals surface area contributed by atoms with Gasteiger partial charge in [-0.2, -0.15) is 0 Å². The molecule has 7 nitrogen and oxygen atoms in total. The predicted molar refractivity (Wildman–Crippen MR) is 117 cm³/mol. The van der Waals surface area contributed by atoms with Crippen LogP contribution in [-0.2, 0) is 6.54 Å². The van der Waals surface area contributed by atoms with E-state index >= 15 is 0 Å². The molecule has 1 aliphatic carbocycles. The lowest BCUT2D eigenvalue weighted by molar-refractivity contribution is 0.0939. The van der Waals surface area contributed by atoms with Crippen molar-refractivity contribution < 1.29 is 9.59 Å². The molecule has 0 spiro atoms. The number of nitrogens with one attached hydrogen (secondary N) is 3. The lowest BCUT2D eigenvalue weighted by Gasteiger charge is -2.07. The van der Waals surface area contributed by atoms with Crippen LogP contribution in [0.2, 0.25) is 0 Å². The summed E-state index contributed by atoms with van der Waals surface area (Å²) < 4.78 is 0. The summed E-state index contributed by atoms with van der Waals surface area (Å²) >= 11 is 0. The van der Waals surface area contributed by atoms with E-state index in [1.54, 1.807) is 24.3 Å². The molecule has 1 fully saturated rings. The zero-order chi connectivity index (χ0) is 21.2. The number of para-hydroxylation sites is 2. The molecular formula is C24H21N5O2.